The molecule has 0 spiro atoms. The fraction of sp³-hybridized carbons (Fsp3) is 0.267. The number of ether oxygens (including phenoxy) is 2. The number of rotatable bonds is 6. The van der Waals surface area contributed by atoms with Crippen molar-refractivity contribution < 1.29 is 19.1 Å². The Kier molecular flexibility index (Phi) is 5.13. The summed E-state index contributed by atoms with van der Waals surface area (Å²) >= 11 is 0. The van der Waals surface area contributed by atoms with Gasteiger partial charge in [-0.25, -0.2) is 14.6 Å². The lowest BCUT2D eigenvalue weighted by Crippen LogP contribution is -2.19. The summed E-state index contributed by atoms with van der Waals surface area (Å²) in [6, 6.07) is 5.55. The zero-order valence-corrected chi connectivity index (χ0v) is 12.4. The average molecular weight is 303 g/mol. The number of hydrogen-bond acceptors (Lipinski definition) is 6. The number of pyridine rings is 1. The highest BCUT2D eigenvalue weighted by atomic mass is 16.6. The predicted molar refractivity (Wildman–Crippen MR) is 80.2 cm³/mol. The van der Waals surface area contributed by atoms with E-state index in [1.807, 2.05) is 24.4 Å². The van der Waals surface area contributed by atoms with Crippen LogP contribution in [-0.4, -0.2) is 34.5 Å². The van der Waals surface area contributed by atoms with Gasteiger partial charge >= 0.3 is 11.9 Å². The molecule has 0 aliphatic rings. The van der Waals surface area contributed by atoms with Crippen LogP contribution in [0.1, 0.15) is 13.8 Å². The number of nitrogens with one attached hydrogen (secondary N) is 1. The maximum absolute atomic E-state index is 11.8. The maximum Gasteiger partial charge on any atom is 0.347 e. The molecule has 0 saturated heterocycles. The predicted octanol–water partition coefficient (Wildman–Crippen LogP) is 1.76. The molecule has 0 radical (unpaired) electrons. The Morgan fingerprint density at radius 2 is 1.91 bits per heavy atom. The first-order valence-corrected chi connectivity index (χ1v) is 6.90. The van der Waals surface area contributed by atoms with E-state index in [9.17, 15) is 9.59 Å². The van der Waals surface area contributed by atoms with E-state index in [1.165, 1.54) is 6.20 Å². The van der Waals surface area contributed by atoms with E-state index in [1.54, 1.807) is 24.4 Å². The monoisotopic (exact) mass is 303 g/mol. The third kappa shape index (κ3) is 3.43. The normalized spacial score (nSPS) is 10.1. The lowest BCUT2D eigenvalue weighted by atomic mass is 10.3. The van der Waals surface area contributed by atoms with Crippen molar-refractivity contribution in [2.75, 3.05) is 18.5 Å². The molecular weight excluding hydrogens is 286 g/mol. The molecular formula is C15H17N3O4. The van der Waals surface area contributed by atoms with Gasteiger partial charge in [0.1, 0.15) is 11.5 Å². The van der Waals surface area contributed by atoms with Gasteiger partial charge in [-0.2, -0.15) is 0 Å². The van der Waals surface area contributed by atoms with Gasteiger partial charge in [0.2, 0.25) is 0 Å². The molecule has 0 bridgehead atoms. The molecule has 0 unspecified atom stereocenters. The van der Waals surface area contributed by atoms with Crippen molar-refractivity contribution in [3.05, 3.63) is 42.4 Å². The van der Waals surface area contributed by atoms with E-state index < -0.39 is 11.9 Å². The number of esters is 2. The summed E-state index contributed by atoms with van der Waals surface area (Å²) in [4.78, 5) is 27.9. The van der Waals surface area contributed by atoms with Crippen LogP contribution in [-0.2, 0) is 19.1 Å². The molecule has 0 atom stereocenters. The van der Waals surface area contributed by atoms with Crippen molar-refractivity contribution >= 4 is 23.4 Å². The molecule has 2 heterocycles. The summed E-state index contributed by atoms with van der Waals surface area (Å²) in [5.41, 5.74) is 0.543. The summed E-state index contributed by atoms with van der Waals surface area (Å²) < 4.78 is 11.5. The Balaban J connectivity index is 2.25. The standard InChI is InChI=1S/C15H17N3O4/c1-3-21-14(19)11(15(20)22-4-2)9-16-13-10-17-12-7-5-6-8-18(12)13/h5-10,16H,3-4H2,1-2H3. The molecule has 0 amide bonds. The summed E-state index contributed by atoms with van der Waals surface area (Å²) in [7, 11) is 0. The first-order valence-electron chi connectivity index (χ1n) is 6.90. The lowest BCUT2D eigenvalue weighted by molar-refractivity contribution is -0.146. The van der Waals surface area contributed by atoms with Crippen LogP contribution in [0.4, 0.5) is 5.82 Å². The lowest BCUT2D eigenvalue weighted by Gasteiger charge is -2.07. The number of imidazole rings is 1. The number of fused-ring (bicyclic) bond motifs is 1. The molecule has 7 heteroatoms. The largest absolute Gasteiger partial charge is 0.462 e. The van der Waals surface area contributed by atoms with Crippen LogP contribution in [0.2, 0.25) is 0 Å². The van der Waals surface area contributed by atoms with Crippen LogP contribution >= 0.6 is 0 Å². The van der Waals surface area contributed by atoms with Crippen LogP contribution in [0, 0.1) is 0 Å². The molecule has 2 rings (SSSR count). The second-order valence-electron chi connectivity index (χ2n) is 4.22. The smallest absolute Gasteiger partial charge is 0.347 e. The van der Waals surface area contributed by atoms with Crippen LogP contribution in [0.3, 0.4) is 0 Å². The van der Waals surface area contributed by atoms with Crippen molar-refractivity contribution in [1.29, 1.82) is 0 Å². The first kappa shape index (κ1) is 15.6. The molecule has 0 saturated carbocycles. The van der Waals surface area contributed by atoms with Gasteiger partial charge in [0, 0.05) is 12.4 Å². The third-order valence-corrected chi connectivity index (χ3v) is 2.77. The Morgan fingerprint density at radius 1 is 1.23 bits per heavy atom. The fourth-order valence-electron chi connectivity index (χ4n) is 1.80. The van der Waals surface area contributed by atoms with Crippen molar-refractivity contribution in [2.24, 2.45) is 0 Å². The Morgan fingerprint density at radius 3 is 2.55 bits per heavy atom. The summed E-state index contributed by atoms with van der Waals surface area (Å²) in [5, 5.41) is 2.88. The second-order valence-corrected chi connectivity index (χ2v) is 4.22. The second kappa shape index (κ2) is 7.26. The van der Waals surface area contributed by atoms with Crippen LogP contribution in [0.25, 0.3) is 5.65 Å². The van der Waals surface area contributed by atoms with Crippen LogP contribution < -0.4 is 5.32 Å². The number of anilines is 1. The fourth-order valence-corrected chi connectivity index (χ4v) is 1.80. The number of nitrogens with zero attached hydrogens (tertiary/aromatic N) is 2. The zero-order valence-electron chi connectivity index (χ0n) is 12.4. The molecule has 22 heavy (non-hydrogen) atoms. The molecule has 0 fully saturated rings. The van der Waals surface area contributed by atoms with Gasteiger partial charge in [-0.05, 0) is 26.0 Å². The van der Waals surface area contributed by atoms with Gasteiger partial charge in [0.05, 0.1) is 19.4 Å². The Hall–Kier alpha value is -2.83. The Bertz CT molecular complexity index is 686. The van der Waals surface area contributed by atoms with Crippen LogP contribution in [0.5, 0.6) is 0 Å². The van der Waals surface area contributed by atoms with Crippen molar-refractivity contribution in [3.8, 4) is 0 Å². The Labute approximate surface area is 127 Å². The molecule has 1 N–H and O–H groups in total. The van der Waals surface area contributed by atoms with E-state index in [-0.39, 0.29) is 18.8 Å². The molecule has 2 aromatic heterocycles. The highest BCUT2D eigenvalue weighted by molar-refractivity contribution is 6.14. The van der Waals surface area contributed by atoms with Gasteiger partial charge in [-0.1, -0.05) is 6.07 Å². The van der Waals surface area contributed by atoms with E-state index in [2.05, 4.69) is 10.3 Å². The number of aromatic nitrogens is 2. The van der Waals surface area contributed by atoms with Gasteiger partial charge in [-0.15, -0.1) is 0 Å². The topological polar surface area (TPSA) is 81.9 Å². The minimum Gasteiger partial charge on any atom is -0.462 e. The quantitative estimate of drug-likeness (QED) is 0.379. The maximum atomic E-state index is 11.8. The third-order valence-electron chi connectivity index (χ3n) is 2.77. The number of carbonyl (C=O) groups excluding carboxylic acids is 2. The average Bonchev–Trinajstić information content (AvgIpc) is 2.91. The molecule has 7 nitrogen and oxygen atoms in total. The number of carbonyl (C=O) groups is 2. The summed E-state index contributed by atoms with van der Waals surface area (Å²) in [6.45, 7) is 3.67. The van der Waals surface area contributed by atoms with Crippen molar-refractivity contribution in [1.82, 2.24) is 9.38 Å². The minimum absolute atomic E-state index is 0.172. The first-order chi connectivity index (χ1) is 10.7. The van der Waals surface area contributed by atoms with Crippen molar-refractivity contribution in [2.45, 2.75) is 13.8 Å². The molecule has 0 aliphatic carbocycles. The minimum atomic E-state index is -0.734. The van der Waals surface area contributed by atoms with Crippen LogP contribution in [0.15, 0.2) is 42.4 Å². The molecule has 0 aromatic carbocycles. The molecule has 116 valence electrons. The van der Waals surface area contributed by atoms with Gasteiger partial charge in [-0.3, -0.25) is 4.40 Å². The highest BCUT2D eigenvalue weighted by Crippen LogP contribution is 2.12. The number of hydrogen-bond donors (Lipinski definition) is 1. The van der Waals surface area contributed by atoms with E-state index in [0.29, 0.717) is 5.82 Å². The summed E-state index contributed by atoms with van der Waals surface area (Å²) in [5.74, 6) is -0.855. The summed E-state index contributed by atoms with van der Waals surface area (Å²) in [6.07, 6.45) is 4.68. The molecule has 0 aliphatic heterocycles. The van der Waals surface area contributed by atoms with E-state index in [4.69, 9.17) is 9.47 Å². The van der Waals surface area contributed by atoms with Gasteiger partial charge < -0.3 is 14.8 Å². The van der Waals surface area contributed by atoms with Gasteiger partial charge in [0.15, 0.2) is 5.57 Å². The van der Waals surface area contributed by atoms with Gasteiger partial charge in [0.25, 0.3) is 0 Å². The highest BCUT2D eigenvalue weighted by Gasteiger charge is 2.21. The SMILES string of the molecule is CCOC(=O)C(=CNc1cnc2ccccn12)C(=O)OCC. The van der Waals surface area contributed by atoms with E-state index in [0.717, 1.165) is 5.65 Å². The molecule has 2 aromatic rings. The van der Waals surface area contributed by atoms with Crippen molar-refractivity contribution in [3.63, 3.8) is 0 Å². The van der Waals surface area contributed by atoms with E-state index >= 15 is 0 Å². The zero-order chi connectivity index (χ0) is 15.9.